The molecule has 1 N–H and O–H groups in total. The Morgan fingerprint density at radius 1 is 1.06 bits per heavy atom. The molecule has 1 atom stereocenters. The molecule has 0 aliphatic carbocycles. The van der Waals surface area contributed by atoms with Crippen LogP contribution >= 0.6 is 11.6 Å². The van der Waals surface area contributed by atoms with E-state index in [4.69, 9.17) is 16.3 Å². The molecule has 2 heterocycles. The summed E-state index contributed by atoms with van der Waals surface area (Å²) >= 11 is 6.12. The van der Waals surface area contributed by atoms with Crippen molar-refractivity contribution in [2.24, 2.45) is 0 Å². The number of halogens is 1. The van der Waals surface area contributed by atoms with Gasteiger partial charge in [0.15, 0.2) is 0 Å². The van der Waals surface area contributed by atoms with Crippen molar-refractivity contribution >= 4 is 29.1 Å². The lowest BCUT2D eigenvalue weighted by Crippen LogP contribution is -2.47. The van der Waals surface area contributed by atoms with Crippen molar-refractivity contribution in [2.75, 3.05) is 43.1 Å². The minimum absolute atomic E-state index is 0.146. The average Bonchev–Trinajstić information content (AvgIpc) is 2.84. The van der Waals surface area contributed by atoms with E-state index < -0.39 is 0 Å². The predicted molar refractivity (Wildman–Crippen MR) is 127 cm³/mol. The Morgan fingerprint density at radius 3 is 2.47 bits per heavy atom. The normalized spacial score (nSPS) is 14.7. The number of hydrogen-bond donors (Lipinski definition) is 1. The van der Waals surface area contributed by atoms with Gasteiger partial charge in [0.05, 0.1) is 13.2 Å². The molecule has 1 saturated heterocycles. The molecule has 7 nitrogen and oxygen atoms in total. The Labute approximate surface area is 193 Å². The van der Waals surface area contributed by atoms with E-state index in [1.807, 2.05) is 55.5 Å². The number of benzene rings is 2. The molecule has 0 bridgehead atoms. The molecular formula is C24H26ClN5O2. The summed E-state index contributed by atoms with van der Waals surface area (Å²) in [5.41, 5.74) is 2.45. The van der Waals surface area contributed by atoms with E-state index in [0.717, 1.165) is 42.5 Å². The van der Waals surface area contributed by atoms with Crippen LogP contribution in [0.5, 0.6) is 5.88 Å². The summed E-state index contributed by atoms with van der Waals surface area (Å²) in [7, 11) is 1.51. The number of carbonyl (C=O) groups is 1. The highest BCUT2D eigenvalue weighted by Crippen LogP contribution is 2.24. The molecule has 3 aromatic rings. The van der Waals surface area contributed by atoms with E-state index in [9.17, 15) is 4.79 Å². The number of carbonyl (C=O) groups excluding carboxylic acids is 1. The van der Waals surface area contributed by atoms with E-state index in [-0.39, 0.29) is 17.8 Å². The molecule has 32 heavy (non-hydrogen) atoms. The van der Waals surface area contributed by atoms with Crippen LogP contribution in [0.15, 0.2) is 60.8 Å². The largest absolute Gasteiger partial charge is 0.480 e. The van der Waals surface area contributed by atoms with Gasteiger partial charge in [-0.15, -0.1) is 0 Å². The van der Waals surface area contributed by atoms with Gasteiger partial charge in [-0.2, -0.15) is 4.98 Å². The van der Waals surface area contributed by atoms with Gasteiger partial charge < -0.3 is 19.9 Å². The van der Waals surface area contributed by atoms with Gasteiger partial charge in [0.2, 0.25) is 11.8 Å². The highest BCUT2D eigenvalue weighted by Gasteiger charge is 2.23. The Kier molecular flexibility index (Phi) is 6.75. The second kappa shape index (κ2) is 9.87. The fourth-order valence-corrected chi connectivity index (χ4v) is 3.94. The summed E-state index contributed by atoms with van der Waals surface area (Å²) in [5, 5.41) is 3.71. The summed E-state index contributed by atoms with van der Waals surface area (Å²) in [6, 6.07) is 17.5. The monoisotopic (exact) mass is 451 g/mol. The molecule has 0 saturated carbocycles. The van der Waals surface area contributed by atoms with Crippen LogP contribution < -0.4 is 19.9 Å². The summed E-state index contributed by atoms with van der Waals surface area (Å²) in [6.45, 7) is 5.10. The van der Waals surface area contributed by atoms with Gasteiger partial charge in [-0.3, -0.25) is 4.79 Å². The van der Waals surface area contributed by atoms with Gasteiger partial charge in [0.25, 0.3) is 5.91 Å². The van der Waals surface area contributed by atoms with E-state index in [1.165, 1.54) is 13.3 Å². The molecule has 1 fully saturated rings. The molecule has 1 amide bonds. The number of anilines is 2. The lowest BCUT2D eigenvalue weighted by atomic mass is 10.1. The lowest BCUT2D eigenvalue weighted by Gasteiger charge is -2.36. The third-order valence-electron chi connectivity index (χ3n) is 5.56. The molecular weight excluding hydrogens is 426 g/mol. The zero-order chi connectivity index (χ0) is 22.5. The van der Waals surface area contributed by atoms with Crippen LogP contribution in [-0.2, 0) is 0 Å². The van der Waals surface area contributed by atoms with E-state index in [1.54, 1.807) is 0 Å². The highest BCUT2D eigenvalue weighted by atomic mass is 35.5. The number of piperazine rings is 1. The van der Waals surface area contributed by atoms with E-state index in [2.05, 4.69) is 31.2 Å². The van der Waals surface area contributed by atoms with Crippen molar-refractivity contribution in [1.29, 1.82) is 0 Å². The maximum absolute atomic E-state index is 12.8. The second-order valence-electron chi connectivity index (χ2n) is 7.65. The molecule has 0 spiro atoms. The number of methoxy groups -OCH3 is 1. The van der Waals surface area contributed by atoms with Crippen molar-refractivity contribution < 1.29 is 9.53 Å². The molecule has 0 radical (unpaired) electrons. The molecule has 8 heteroatoms. The fourth-order valence-electron chi connectivity index (χ4n) is 3.76. The Balaban J connectivity index is 1.43. The standard InChI is InChI=1S/C24H26ClN5O2/c1-17(18-7-4-3-5-8-18)27-22(31)21-16-26-24(28-23(21)32-2)30-13-11-29(12-14-30)20-10-6-9-19(25)15-20/h3-10,15-17H,11-14H2,1-2H3,(H,27,31). The molecule has 1 aliphatic heterocycles. The van der Waals surface area contributed by atoms with Gasteiger partial charge in [-0.25, -0.2) is 4.98 Å². The summed E-state index contributed by atoms with van der Waals surface area (Å²) < 4.78 is 5.43. The lowest BCUT2D eigenvalue weighted by molar-refractivity contribution is 0.0935. The minimum atomic E-state index is -0.268. The quantitative estimate of drug-likeness (QED) is 0.611. The smallest absolute Gasteiger partial charge is 0.258 e. The van der Waals surface area contributed by atoms with Crippen LogP contribution in [0.1, 0.15) is 28.9 Å². The zero-order valence-electron chi connectivity index (χ0n) is 18.2. The van der Waals surface area contributed by atoms with Crippen LogP contribution in [0.25, 0.3) is 0 Å². The SMILES string of the molecule is COc1nc(N2CCN(c3cccc(Cl)c3)CC2)ncc1C(=O)NC(C)c1ccccc1. The van der Waals surface area contributed by atoms with Gasteiger partial charge in [0.1, 0.15) is 5.56 Å². The van der Waals surface area contributed by atoms with Crippen LogP contribution in [-0.4, -0.2) is 49.2 Å². The number of nitrogens with zero attached hydrogens (tertiary/aromatic N) is 4. The van der Waals surface area contributed by atoms with Crippen LogP contribution in [0, 0.1) is 0 Å². The summed E-state index contributed by atoms with van der Waals surface area (Å²) in [4.78, 5) is 26.2. The fraction of sp³-hybridized carbons (Fsp3) is 0.292. The van der Waals surface area contributed by atoms with Gasteiger partial charge >= 0.3 is 0 Å². The van der Waals surface area contributed by atoms with Gasteiger partial charge in [-0.1, -0.05) is 48.0 Å². The zero-order valence-corrected chi connectivity index (χ0v) is 18.9. The predicted octanol–water partition coefficient (Wildman–Crippen LogP) is 3.96. The minimum Gasteiger partial charge on any atom is -0.480 e. The Morgan fingerprint density at radius 2 is 1.78 bits per heavy atom. The first kappa shape index (κ1) is 21.9. The number of hydrogen-bond acceptors (Lipinski definition) is 6. The van der Waals surface area contributed by atoms with Crippen molar-refractivity contribution in [3.63, 3.8) is 0 Å². The number of ether oxygens (including phenoxy) is 1. The number of aromatic nitrogens is 2. The van der Waals surface area contributed by atoms with Crippen molar-refractivity contribution in [3.05, 3.63) is 76.9 Å². The topological polar surface area (TPSA) is 70.6 Å². The summed E-state index contributed by atoms with van der Waals surface area (Å²) in [6.07, 6.45) is 1.54. The number of rotatable bonds is 6. The molecule has 4 rings (SSSR count). The van der Waals surface area contributed by atoms with E-state index in [0.29, 0.717) is 11.5 Å². The molecule has 1 aliphatic rings. The molecule has 2 aromatic carbocycles. The third kappa shape index (κ3) is 4.94. The van der Waals surface area contributed by atoms with Gasteiger partial charge in [-0.05, 0) is 30.7 Å². The third-order valence-corrected chi connectivity index (χ3v) is 5.80. The molecule has 166 valence electrons. The second-order valence-corrected chi connectivity index (χ2v) is 8.09. The van der Waals surface area contributed by atoms with E-state index >= 15 is 0 Å². The number of nitrogens with one attached hydrogen (secondary N) is 1. The number of amides is 1. The Bertz CT molecular complexity index is 1070. The van der Waals surface area contributed by atoms with Gasteiger partial charge in [0, 0.05) is 43.1 Å². The van der Waals surface area contributed by atoms with Crippen LogP contribution in [0.4, 0.5) is 11.6 Å². The molecule has 1 unspecified atom stereocenters. The summed E-state index contributed by atoms with van der Waals surface area (Å²) in [5.74, 6) is 0.556. The first-order valence-corrected chi connectivity index (χ1v) is 11.0. The first-order chi connectivity index (χ1) is 15.5. The van der Waals surface area contributed by atoms with Crippen LogP contribution in [0.3, 0.4) is 0 Å². The van der Waals surface area contributed by atoms with Crippen molar-refractivity contribution in [1.82, 2.24) is 15.3 Å². The maximum atomic E-state index is 12.8. The van der Waals surface area contributed by atoms with Crippen molar-refractivity contribution in [3.8, 4) is 5.88 Å². The molecule has 1 aromatic heterocycles. The average molecular weight is 452 g/mol. The first-order valence-electron chi connectivity index (χ1n) is 10.6. The van der Waals surface area contributed by atoms with Crippen LogP contribution in [0.2, 0.25) is 5.02 Å². The highest BCUT2D eigenvalue weighted by molar-refractivity contribution is 6.30. The maximum Gasteiger partial charge on any atom is 0.258 e. The Hall–Kier alpha value is -3.32. The van der Waals surface area contributed by atoms with Crippen molar-refractivity contribution in [2.45, 2.75) is 13.0 Å².